The number of rotatable bonds is 11. The molecule has 1 amide bonds. The second kappa shape index (κ2) is 14.7. The van der Waals surface area contributed by atoms with Gasteiger partial charge in [0.25, 0.3) is 5.91 Å². The van der Waals surface area contributed by atoms with Crippen molar-refractivity contribution < 1.29 is 34.5 Å². The molecule has 2 aromatic carbocycles. The quantitative estimate of drug-likeness (QED) is 0.113. The van der Waals surface area contributed by atoms with Crippen LogP contribution in [0, 0.1) is 0 Å². The van der Waals surface area contributed by atoms with E-state index in [1.54, 1.807) is 59.4 Å². The van der Waals surface area contributed by atoms with Crippen LogP contribution < -0.4 is 15.5 Å². The van der Waals surface area contributed by atoms with Crippen molar-refractivity contribution >= 4 is 28.8 Å². The Morgan fingerprint density at radius 2 is 1.67 bits per heavy atom. The summed E-state index contributed by atoms with van der Waals surface area (Å²) in [6.45, 7) is 3.26. The third-order valence-corrected chi connectivity index (χ3v) is 9.96. The van der Waals surface area contributed by atoms with Crippen LogP contribution >= 0.6 is 0 Å². The van der Waals surface area contributed by atoms with Gasteiger partial charge in [-0.1, -0.05) is 36.3 Å². The summed E-state index contributed by atoms with van der Waals surface area (Å²) in [6.07, 6.45) is 1.20. The fraction of sp³-hybridized carbons (Fsp3) is 0.316. The highest BCUT2D eigenvalue weighted by Gasteiger charge is 2.47. The summed E-state index contributed by atoms with van der Waals surface area (Å²) in [5.74, 6) is 0.930. The lowest BCUT2D eigenvalue weighted by Crippen LogP contribution is -2.37. The molecule has 16 heteroatoms. The van der Waals surface area contributed by atoms with E-state index in [0.717, 1.165) is 11.1 Å². The van der Waals surface area contributed by atoms with Crippen molar-refractivity contribution in [3.63, 3.8) is 0 Å². The number of aliphatic hydroxyl groups is 2. The lowest BCUT2D eigenvalue weighted by Gasteiger charge is -2.22. The van der Waals surface area contributed by atoms with Crippen LogP contribution in [0.1, 0.15) is 64.5 Å². The van der Waals surface area contributed by atoms with Crippen molar-refractivity contribution in [2.45, 2.75) is 56.3 Å². The van der Waals surface area contributed by atoms with Crippen LogP contribution in [0.3, 0.4) is 0 Å². The number of aryl methyl sites for hydroxylation is 1. The highest BCUT2D eigenvalue weighted by atomic mass is 16.6. The molecule has 0 aliphatic carbocycles. The van der Waals surface area contributed by atoms with E-state index < -0.39 is 24.5 Å². The molecule has 0 bridgehead atoms. The zero-order valence-electron chi connectivity index (χ0n) is 29.2. The highest BCUT2D eigenvalue weighted by Crippen LogP contribution is 2.41. The first kappa shape index (κ1) is 35.0. The zero-order valence-corrected chi connectivity index (χ0v) is 29.2. The highest BCUT2D eigenvalue weighted by molar-refractivity contribution is 5.94. The van der Waals surface area contributed by atoms with Crippen molar-refractivity contribution in [2.75, 3.05) is 29.9 Å². The Balaban J connectivity index is 1.13. The molecule has 5 atom stereocenters. The summed E-state index contributed by atoms with van der Waals surface area (Å²) in [4.78, 5) is 33.4. The lowest BCUT2D eigenvalue weighted by molar-refractivity contribution is -0.0434. The second-order valence-corrected chi connectivity index (χ2v) is 13.5. The predicted octanol–water partition coefficient (Wildman–Crippen LogP) is 3.43. The second-order valence-electron chi connectivity index (χ2n) is 13.5. The number of aromatic hydroxyl groups is 2. The summed E-state index contributed by atoms with van der Waals surface area (Å²) in [5.41, 5.74) is 3.78. The number of ether oxygens (including phenoxy) is 1. The first-order chi connectivity index (χ1) is 26.2. The van der Waals surface area contributed by atoms with Gasteiger partial charge in [0.15, 0.2) is 29.0 Å². The molecule has 2 aliphatic rings. The molecule has 2 aliphatic heterocycles. The number of nitrogens with zero attached hydrogens (tertiary/aromatic N) is 7. The van der Waals surface area contributed by atoms with Gasteiger partial charge in [0.2, 0.25) is 5.95 Å². The number of pyridine rings is 1. The van der Waals surface area contributed by atoms with Crippen LogP contribution in [-0.2, 0) is 11.2 Å². The molecule has 54 heavy (non-hydrogen) atoms. The number of carbonyl (C=O) groups is 1. The largest absolute Gasteiger partial charge is 0.508 e. The van der Waals surface area contributed by atoms with Gasteiger partial charge in [-0.15, -0.1) is 0 Å². The minimum Gasteiger partial charge on any atom is -0.508 e. The van der Waals surface area contributed by atoms with E-state index in [0.29, 0.717) is 72.4 Å². The Hall–Kier alpha value is -6.10. The number of nitrogens with one attached hydrogen (secondary N) is 2. The number of phenols is 2. The van der Waals surface area contributed by atoms with E-state index in [2.05, 4.69) is 25.8 Å². The Bertz CT molecular complexity index is 2180. The van der Waals surface area contributed by atoms with Gasteiger partial charge < -0.3 is 45.2 Å². The van der Waals surface area contributed by atoms with Gasteiger partial charge in [-0.05, 0) is 60.4 Å². The number of hydrogen-bond acceptors (Lipinski definition) is 14. The van der Waals surface area contributed by atoms with E-state index in [9.17, 15) is 25.2 Å². The Morgan fingerprint density at radius 3 is 2.33 bits per heavy atom. The van der Waals surface area contributed by atoms with Crippen molar-refractivity contribution in [3.8, 4) is 11.5 Å². The van der Waals surface area contributed by atoms with Crippen LogP contribution in [0.4, 0.5) is 11.8 Å². The van der Waals surface area contributed by atoms with Crippen molar-refractivity contribution in [1.29, 1.82) is 0 Å². The molecule has 16 nitrogen and oxygen atoms in total. The number of aromatic nitrogens is 6. The molecule has 6 N–H and O–H groups in total. The molecule has 8 rings (SSSR count). The Labute approximate surface area is 309 Å². The number of fused-ring (bicyclic) bond motifs is 1. The fourth-order valence-electron chi connectivity index (χ4n) is 6.98. The Morgan fingerprint density at radius 1 is 0.963 bits per heavy atom. The molecule has 0 spiro atoms. The van der Waals surface area contributed by atoms with Crippen molar-refractivity contribution in [2.24, 2.45) is 0 Å². The number of carbonyl (C=O) groups excluding carboxylic acids is 1. The van der Waals surface area contributed by atoms with Gasteiger partial charge >= 0.3 is 0 Å². The predicted molar refractivity (Wildman–Crippen MR) is 195 cm³/mol. The average molecular weight is 734 g/mol. The van der Waals surface area contributed by atoms with Crippen molar-refractivity contribution in [1.82, 2.24) is 35.0 Å². The lowest BCUT2D eigenvalue weighted by atomic mass is 9.91. The summed E-state index contributed by atoms with van der Waals surface area (Å²) in [6, 6.07) is 18.7. The maximum atomic E-state index is 12.9. The van der Waals surface area contributed by atoms with Crippen LogP contribution in [0.25, 0.3) is 11.2 Å². The van der Waals surface area contributed by atoms with Gasteiger partial charge in [-0.25, -0.2) is 4.98 Å². The summed E-state index contributed by atoms with van der Waals surface area (Å²) >= 11 is 0. The molecular formula is C38H39N9O7. The number of anilines is 2. The molecule has 0 unspecified atom stereocenters. The first-order valence-corrected chi connectivity index (χ1v) is 17.7. The van der Waals surface area contributed by atoms with E-state index >= 15 is 0 Å². The smallest absolute Gasteiger partial charge is 0.251 e. The monoisotopic (exact) mass is 733 g/mol. The summed E-state index contributed by atoms with van der Waals surface area (Å²) < 4.78 is 13.3. The molecule has 6 heterocycles. The SMILES string of the molecule is CCc1cc([C@H]2O[C@@H](n3cnc4c(NCC(c5ccc(O)cc5)c5ccc(O)cc5)nc(N5CC[C@H](NC(=O)c6ccncc6)C5)nc43)[C@H](O)[C@@H]2O)on1. The third-order valence-electron chi connectivity index (χ3n) is 9.96. The summed E-state index contributed by atoms with van der Waals surface area (Å²) in [5, 5.41) is 52.9. The molecule has 4 aromatic heterocycles. The molecule has 278 valence electrons. The van der Waals surface area contributed by atoms with Gasteiger partial charge in [0.1, 0.15) is 29.8 Å². The standard InChI is InChI=1S/C38H39N9O7/c1-2-24-17-29(54-45-24)33-31(50)32(51)37(53-33)47-20-41-30-34(40-18-28(21-3-7-26(48)8-4-21)22-5-9-27(49)10-6-22)43-38(44-35(30)47)46-16-13-25(19-46)42-36(52)23-11-14-39-15-12-23/h3-12,14-15,17,20,25,28,31-33,37,48-51H,2,13,16,18-19H2,1H3,(H,42,52)(H,40,43,44)/t25-,31-,32+,33+,37+/m0/s1. The number of amides is 1. The number of hydrogen-bond donors (Lipinski definition) is 6. The van der Waals surface area contributed by atoms with Crippen LogP contribution in [0.5, 0.6) is 11.5 Å². The topological polar surface area (TPSA) is 217 Å². The van der Waals surface area contributed by atoms with E-state index in [1.807, 2.05) is 36.1 Å². The fourth-order valence-corrected chi connectivity index (χ4v) is 6.98. The van der Waals surface area contributed by atoms with Gasteiger partial charge in [-0.3, -0.25) is 14.3 Å². The maximum absolute atomic E-state index is 12.9. The maximum Gasteiger partial charge on any atom is 0.251 e. The van der Waals surface area contributed by atoms with E-state index in [-0.39, 0.29) is 29.4 Å². The van der Waals surface area contributed by atoms with Crippen LogP contribution in [0.2, 0.25) is 0 Å². The number of aliphatic hydroxyl groups excluding tert-OH is 2. The normalized spacial score (nSPS) is 21.3. The molecule has 2 fully saturated rings. The van der Waals surface area contributed by atoms with Crippen molar-refractivity contribution in [3.05, 3.63) is 114 Å². The Kier molecular flexibility index (Phi) is 9.54. The minimum absolute atomic E-state index is 0.141. The summed E-state index contributed by atoms with van der Waals surface area (Å²) in [7, 11) is 0. The first-order valence-electron chi connectivity index (χ1n) is 17.7. The van der Waals surface area contributed by atoms with E-state index in [1.165, 1.54) is 6.33 Å². The van der Waals surface area contributed by atoms with Gasteiger partial charge in [0, 0.05) is 55.6 Å². The number of phenolic OH excluding ortho intramolecular Hbond substituents is 2. The molecule has 6 aromatic rings. The third kappa shape index (κ3) is 6.89. The average Bonchev–Trinajstić information content (AvgIpc) is 4.01. The zero-order chi connectivity index (χ0) is 37.3. The minimum atomic E-state index is -1.36. The van der Waals surface area contributed by atoms with Crippen LogP contribution in [0.15, 0.2) is 90.0 Å². The number of benzene rings is 2. The van der Waals surface area contributed by atoms with E-state index in [4.69, 9.17) is 19.2 Å². The number of imidazole rings is 1. The molecule has 0 radical (unpaired) electrons. The van der Waals surface area contributed by atoms with Gasteiger partial charge in [-0.2, -0.15) is 9.97 Å². The molecule has 0 saturated carbocycles. The van der Waals surface area contributed by atoms with Gasteiger partial charge in [0.05, 0.1) is 12.0 Å². The van der Waals surface area contributed by atoms with Crippen LogP contribution in [-0.4, -0.2) is 93.9 Å². The molecular weight excluding hydrogens is 694 g/mol. The molecule has 2 saturated heterocycles.